The van der Waals surface area contributed by atoms with E-state index < -0.39 is 0 Å². The highest BCUT2D eigenvalue weighted by Crippen LogP contribution is 2.31. The Morgan fingerprint density at radius 3 is 2.81 bits per heavy atom. The van der Waals surface area contributed by atoms with Gasteiger partial charge in [0.25, 0.3) is 0 Å². The first kappa shape index (κ1) is 9.70. The molecule has 1 aromatic heterocycles. The molecule has 3 heterocycles. The molecule has 84 valence electrons. The minimum absolute atomic E-state index is 0.257. The highest BCUT2D eigenvalue weighted by atomic mass is 16.2. The summed E-state index contributed by atoms with van der Waals surface area (Å²) in [6.07, 6.45) is 11.6. The van der Waals surface area contributed by atoms with Crippen molar-refractivity contribution in [2.24, 2.45) is 0 Å². The second kappa shape index (κ2) is 3.81. The van der Waals surface area contributed by atoms with Gasteiger partial charge >= 0.3 is 0 Å². The van der Waals surface area contributed by atoms with Gasteiger partial charge in [-0.2, -0.15) is 0 Å². The van der Waals surface area contributed by atoms with E-state index in [9.17, 15) is 4.79 Å². The number of aromatic nitrogens is 1. The van der Waals surface area contributed by atoms with Crippen molar-refractivity contribution in [1.82, 2.24) is 9.47 Å². The van der Waals surface area contributed by atoms with Gasteiger partial charge in [-0.1, -0.05) is 12.2 Å². The predicted octanol–water partition coefficient (Wildman–Crippen LogP) is 1.81. The summed E-state index contributed by atoms with van der Waals surface area (Å²) in [5.74, 6) is 0.257. The fraction of sp³-hybridized carbons (Fsp3) is 0.462. The molecule has 3 heteroatoms. The van der Waals surface area contributed by atoms with Crippen molar-refractivity contribution in [1.29, 1.82) is 0 Å². The van der Waals surface area contributed by atoms with Crippen LogP contribution in [0.3, 0.4) is 0 Å². The summed E-state index contributed by atoms with van der Waals surface area (Å²) in [4.78, 5) is 14.3. The van der Waals surface area contributed by atoms with Crippen molar-refractivity contribution in [3.8, 4) is 0 Å². The maximum absolute atomic E-state index is 12.2. The monoisotopic (exact) mass is 216 g/mol. The van der Waals surface area contributed by atoms with Crippen molar-refractivity contribution in [3.05, 3.63) is 36.7 Å². The molecule has 0 saturated carbocycles. The minimum atomic E-state index is 0.257. The van der Waals surface area contributed by atoms with Gasteiger partial charge in [-0.3, -0.25) is 4.79 Å². The Morgan fingerprint density at radius 2 is 2.06 bits per heavy atom. The van der Waals surface area contributed by atoms with Crippen LogP contribution < -0.4 is 0 Å². The van der Waals surface area contributed by atoms with Gasteiger partial charge in [-0.15, -0.1) is 0 Å². The molecular formula is C13H16N2O. The molecule has 1 saturated heterocycles. The second-order valence-corrected chi connectivity index (χ2v) is 4.62. The molecule has 3 rings (SSSR count). The molecule has 2 aliphatic heterocycles. The van der Waals surface area contributed by atoms with Crippen molar-refractivity contribution in [2.75, 3.05) is 0 Å². The molecule has 0 spiro atoms. The van der Waals surface area contributed by atoms with E-state index in [2.05, 4.69) is 17.1 Å². The summed E-state index contributed by atoms with van der Waals surface area (Å²) in [5, 5.41) is 0. The Kier molecular flexibility index (Phi) is 2.31. The summed E-state index contributed by atoms with van der Waals surface area (Å²) < 4.78 is 1.94. The lowest BCUT2D eigenvalue weighted by atomic mass is 10.1. The Hall–Kier alpha value is -1.51. The highest BCUT2D eigenvalue weighted by Gasteiger charge is 2.36. The molecule has 2 bridgehead atoms. The minimum Gasteiger partial charge on any atom is -0.345 e. The molecule has 3 nitrogen and oxygen atoms in total. The van der Waals surface area contributed by atoms with E-state index in [1.54, 1.807) is 0 Å². The van der Waals surface area contributed by atoms with E-state index in [1.807, 2.05) is 29.1 Å². The molecule has 16 heavy (non-hydrogen) atoms. The van der Waals surface area contributed by atoms with Gasteiger partial charge in [0.2, 0.25) is 5.91 Å². The molecular weight excluding hydrogens is 200 g/mol. The van der Waals surface area contributed by atoms with Crippen LogP contribution in [-0.2, 0) is 11.3 Å². The molecule has 2 unspecified atom stereocenters. The lowest BCUT2D eigenvalue weighted by molar-refractivity contribution is -0.134. The predicted molar refractivity (Wildman–Crippen MR) is 61.8 cm³/mol. The average molecular weight is 216 g/mol. The van der Waals surface area contributed by atoms with E-state index >= 15 is 0 Å². The van der Waals surface area contributed by atoms with Gasteiger partial charge in [0.1, 0.15) is 6.54 Å². The molecule has 0 aliphatic carbocycles. The third-order valence-corrected chi connectivity index (χ3v) is 3.58. The van der Waals surface area contributed by atoms with Gasteiger partial charge in [-0.05, 0) is 31.4 Å². The number of carbonyl (C=O) groups excluding carboxylic acids is 1. The lowest BCUT2D eigenvalue weighted by Gasteiger charge is -2.31. The molecule has 0 N–H and O–H groups in total. The molecule has 1 amide bonds. The van der Waals surface area contributed by atoms with Crippen molar-refractivity contribution in [2.45, 2.75) is 37.9 Å². The molecule has 1 aromatic rings. The molecule has 1 fully saturated rings. The van der Waals surface area contributed by atoms with E-state index in [0.717, 1.165) is 19.3 Å². The van der Waals surface area contributed by atoms with Crippen LogP contribution in [0.5, 0.6) is 0 Å². The van der Waals surface area contributed by atoms with Crippen molar-refractivity contribution < 1.29 is 4.79 Å². The number of rotatable bonds is 2. The number of carbonyl (C=O) groups is 1. The SMILES string of the molecule is O=C(Cn1cccc1)N1C2C=CCC1CC2. The van der Waals surface area contributed by atoms with Crippen LogP contribution in [0.25, 0.3) is 0 Å². The molecule has 2 aliphatic rings. The Balaban J connectivity index is 1.74. The first-order valence-electron chi connectivity index (χ1n) is 5.93. The third kappa shape index (κ3) is 1.56. The third-order valence-electron chi connectivity index (χ3n) is 3.58. The second-order valence-electron chi connectivity index (χ2n) is 4.62. The Morgan fingerprint density at radius 1 is 1.25 bits per heavy atom. The lowest BCUT2D eigenvalue weighted by Crippen LogP contribution is -2.43. The average Bonchev–Trinajstić information content (AvgIpc) is 2.86. The standard InChI is InChI=1S/C13H16N2O/c16-13(10-14-8-1-2-9-14)15-11-4-3-5-12(15)7-6-11/h1-4,8-9,11-12H,5-7,10H2. The summed E-state index contributed by atoms with van der Waals surface area (Å²) >= 11 is 0. The summed E-state index contributed by atoms with van der Waals surface area (Å²) in [7, 11) is 0. The Labute approximate surface area is 95.4 Å². The largest absolute Gasteiger partial charge is 0.345 e. The normalized spacial score (nSPS) is 27.4. The van der Waals surface area contributed by atoms with Gasteiger partial charge < -0.3 is 9.47 Å². The molecule has 0 aromatic carbocycles. The van der Waals surface area contributed by atoms with Crippen molar-refractivity contribution >= 4 is 5.91 Å². The number of hydrogen-bond acceptors (Lipinski definition) is 1. The molecule has 2 atom stereocenters. The smallest absolute Gasteiger partial charge is 0.243 e. The fourth-order valence-corrected chi connectivity index (χ4v) is 2.83. The van der Waals surface area contributed by atoms with Gasteiger partial charge in [0.15, 0.2) is 0 Å². The maximum atomic E-state index is 12.2. The van der Waals surface area contributed by atoms with Crippen LogP contribution in [0.2, 0.25) is 0 Å². The maximum Gasteiger partial charge on any atom is 0.243 e. The zero-order valence-corrected chi connectivity index (χ0v) is 9.25. The number of amides is 1. The van der Waals surface area contributed by atoms with E-state index in [4.69, 9.17) is 0 Å². The summed E-state index contributed by atoms with van der Waals surface area (Å²) in [6.45, 7) is 0.480. The van der Waals surface area contributed by atoms with Crippen LogP contribution in [0.1, 0.15) is 19.3 Å². The highest BCUT2D eigenvalue weighted by molar-refractivity contribution is 5.77. The summed E-state index contributed by atoms with van der Waals surface area (Å²) in [5.41, 5.74) is 0. The van der Waals surface area contributed by atoms with Crippen LogP contribution in [0.15, 0.2) is 36.7 Å². The first-order valence-corrected chi connectivity index (χ1v) is 5.93. The number of fused-ring (bicyclic) bond motifs is 2. The molecule has 0 radical (unpaired) electrons. The van der Waals surface area contributed by atoms with Crippen LogP contribution in [0.4, 0.5) is 0 Å². The van der Waals surface area contributed by atoms with Gasteiger partial charge in [0, 0.05) is 18.4 Å². The van der Waals surface area contributed by atoms with Crippen LogP contribution >= 0.6 is 0 Å². The van der Waals surface area contributed by atoms with Gasteiger partial charge in [-0.25, -0.2) is 0 Å². The van der Waals surface area contributed by atoms with E-state index in [0.29, 0.717) is 18.6 Å². The zero-order valence-electron chi connectivity index (χ0n) is 9.25. The zero-order chi connectivity index (χ0) is 11.0. The Bertz CT molecular complexity index is 408. The number of hydrogen-bond donors (Lipinski definition) is 0. The van der Waals surface area contributed by atoms with Crippen LogP contribution in [-0.4, -0.2) is 27.5 Å². The van der Waals surface area contributed by atoms with E-state index in [-0.39, 0.29) is 5.91 Å². The topological polar surface area (TPSA) is 25.2 Å². The quantitative estimate of drug-likeness (QED) is 0.692. The van der Waals surface area contributed by atoms with Crippen LogP contribution in [0, 0.1) is 0 Å². The number of nitrogens with zero attached hydrogens (tertiary/aromatic N) is 2. The van der Waals surface area contributed by atoms with Gasteiger partial charge in [0.05, 0.1) is 6.04 Å². The van der Waals surface area contributed by atoms with Crippen molar-refractivity contribution in [3.63, 3.8) is 0 Å². The van der Waals surface area contributed by atoms with E-state index in [1.165, 1.54) is 0 Å². The first-order chi connectivity index (χ1) is 7.84. The fourth-order valence-electron chi connectivity index (χ4n) is 2.83. The summed E-state index contributed by atoms with van der Waals surface area (Å²) in [6, 6.07) is 4.73.